The quantitative estimate of drug-likeness (QED) is 0.489. The molecule has 6 heteroatoms. The van der Waals surface area contributed by atoms with Crippen molar-refractivity contribution >= 4 is 20.0 Å². The smallest absolute Gasteiger partial charge is 0.356 e. The number of esters is 1. The van der Waals surface area contributed by atoms with E-state index >= 15 is 0 Å². The van der Waals surface area contributed by atoms with Crippen LogP contribution in [0.25, 0.3) is 0 Å². The van der Waals surface area contributed by atoms with E-state index in [9.17, 15) is 4.79 Å². The summed E-state index contributed by atoms with van der Waals surface area (Å²) in [4.78, 5) is 18.7. The Labute approximate surface area is 164 Å². The third-order valence-electron chi connectivity index (χ3n) is 5.70. The summed E-state index contributed by atoms with van der Waals surface area (Å²) in [6.07, 6.45) is 1.53. The highest BCUT2D eigenvalue weighted by atomic mass is 28.4. The van der Waals surface area contributed by atoms with Gasteiger partial charge in [-0.15, -0.1) is 0 Å². The second-order valence-corrected chi connectivity index (χ2v) is 13.5. The van der Waals surface area contributed by atoms with Crippen molar-refractivity contribution in [2.75, 3.05) is 7.11 Å². The second-order valence-electron chi connectivity index (χ2n) is 8.71. The van der Waals surface area contributed by atoms with Crippen LogP contribution in [0.1, 0.15) is 52.5 Å². The average molecular weight is 392 g/mol. The molecule has 0 radical (unpaired) electrons. The number of carbonyl (C=O) groups excluding carboxylic acids is 1. The van der Waals surface area contributed by atoms with E-state index in [0.29, 0.717) is 12.8 Å². The van der Waals surface area contributed by atoms with Crippen LogP contribution in [0, 0.1) is 0 Å². The van der Waals surface area contributed by atoms with Crippen LogP contribution in [0.2, 0.25) is 18.1 Å². The molecule has 0 saturated heterocycles. The van der Waals surface area contributed by atoms with E-state index in [-0.39, 0.29) is 5.04 Å². The van der Waals surface area contributed by atoms with Gasteiger partial charge in [0, 0.05) is 0 Å². The van der Waals surface area contributed by atoms with Gasteiger partial charge < -0.3 is 14.0 Å². The first-order valence-electron chi connectivity index (χ1n) is 9.64. The lowest BCUT2D eigenvalue weighted by molar-refractivity contribution is -0.180. The standard InChI is InChI=1S/C21H33NO4Si/c1-8-12-18(25-27(6,7)20(2,3)4)21(19(23)24-5)15-17(22-26-21)16-13-10-9-11-14-16/h9-11,13-14,18H,8,12,15H2,1-7H3/t18-,21+/m1/s1. The lowest BCUT2D eigenvalue weighted by atomic mass is 9.87. The molecule has 0 N–H and O–H groups in total. The number of oxime groups is 1. The summed E-state index contributed by atoms with van der Waals surface area (Å²) in [5.74, 6) is -0.422. The monoisotopic (exact) mass is 391 g/mol. The second kappa shape index (κ2) is 8.15. The fourth-order valence-corrected chi connectivity index (χ4v) is 4.38. The molecule has 2 atom stereocenters. The van der Waals surface area contributed by atoms with Gasteiger partial charge in [-0.2, -0.15) is 0 Å². The number of carbonyl (C=O) groups is 1. The molecule has 0 fully saturated rings. The van der Waals surface area contributed by atoms with E-state index in [1.807, 2.05) is 30.3 Å². The molecule has 27 heavy (non-hydrogen) atoms. The summed E-state index contributed by atoms with van der Waals surface area (Å²) in [6, 6.07) is 9.79. The number of ether oxygens (including phenoxy) is 1. The SMILES string of the molecule is CCC[C@@H](O[Si](C)(C)C(C)(C)C)[C@]1(C(=O)OC)CC(c2ccccc2)=NO1. The van der Waals surface area contributed by atoms with Gasteiger partial charge in [-0.3, -0.25) is 0 Å². The van der Waals surface area contributed by atoms with Crippen molar-refractivity contribution < 1.29 is 18.8 Å². The molecule has 1 aliphatic rings. The molecule has 0 bridgehead atoms. The lowest BCUT2D eigenvalue weighted by Gasteiger charge is -2.43. The van der Waals surface area contributed by atoms with Crippen LogP contribution in [0.15, 0.2) is 35.5 Å². The Morgan fingerprint density at radius 1 is 1.30 bits per heavy atom. The molecular formula is C21H33NO4Si. The van der Waals surface area contributed by atoms with Crippen molar-refractivity contribution in [2.45, 2.75) is 76.8 Å². The Morgan fingerprint density at radius 3 is 2.44 bits per heavy atom. The van der Waals surface area contributed by atoms with Gasteiger partial charge in [-0.25, -0.2) is 4.79 Å². The predicted molar refractivity (Wildman–Crippen MR) is 110 cm³/mol. The van der Waals surface area contributed by atoms with E-state index in [4.69, 9.17) is 14.0 Å². The molecular weight excluding hydrogens is 358 g/mol. The van der Waals surface area contributed by atoms with E-state index < -0.39 is 26.0 Å². The zero-order chi connectivity index (χ0) is 20.3. The summed E-state index contributed by atoms with van der Waals surface area (Å²) in [7, 11) is -0.726. The van der Waals surface area contributed by atoms with E-state index in [2.05, 4.69) is 45.9 Å². The Morgan fingerprint density at radius 2 is 1.93 bits per heavy atom. The lowest BCUT2D eigenvalue weighted by Crippen LogP contribution is -2.56. The van der Waals surface area contributed by atoms with Crippen LogP contribution in [0.5, 0.6) is 0 Å². The number of rotatable bonds is 7. The zero-order valence-corrected chi connectivity index (χ0v) is 18.7. The highest BCUT2D eigenvalue weighted by molar-refractivity contribution is 6.74. The van der Waals surface area contributed by atoms with Gasteiger partial charge in [-0.1, -0.05) is 69.6 Å². The van der Waals surface area contributed by atoms with Crippen molar-refractivity contribution in [1.82, 2.24) is 0 Å². The third kappa shape index (κ3) is 4.43. The topological polar surface area (TPSA) is 57.1 Å². The Kier molecular flexibility index (Phi) is 6.53. The third-order valence-corrected chi connectivity index (χ3v) is 10.2. The maximum atomic E-state index is 12.9. The minimum absolute atomic E-state index is 0.0258. The molecule has 0 amide bonds. The molecule has 1 aromatic rings. The fraction of sp³-hybridized carbons (Fsp3) is 0.619. The van der Waals surface area contributed by atoms with Crippen molar-refractivity contribution in [3.63, 3.8) is 0 Å². The summed E-state index contributed by atoms with van der Waals surface area (Å²) < 4.78 is 11.8. The van der Waals surface area contributed by atoms with Crippen molar-refractivity contribution in [3.05, 3.63) is 35.9 Å². The predicted octanol–water partition coefficient (Wildman–Crippen LogP) is 4.91. The maximum Gasteiger partial charge on any atom is 0.356 e. The molecule has 2 rings (SSSR count). The normalized spacial score (nSPS) is 21.4. The molecule has 0 aromatic heterocycles. The summed E-state index contributed by atoms with van der Waals surface area (Å²) in [6.45, 7) is 13.0. The average Bonchev–Trinajstić information content (AvgIpc) is 3.07. The van der Waals surface area contributed by atoms with Gasteiger partial charge in [0.2, 0.25) is 0 Å². The number of methoxy groups -OCH3 is 1. The molecule has 1 aliphatic heterocycles. The largest absolute Gasteiger partial charge is 0.466 e. The van der Waals surface area contributed by atoms with E-state index in [1.165, 1.54) is 7.11 Å². The molecule has 1 heterocycles. The minimum Gasteiger partial charge on any atom is -0.466 e. The van der Waals surface area contributed by atoms with E-state index in [0.717, 1.165) is 17.7 Å². The van der Waals surface area contributed by atoms with Crippen LogP contribution in [0.4, 0.5) is 0 Å². The molecule has 0 saturated carbocycles. The Balaban J connectivity index is 2.38. The van der Waals surface area contributed by atoms with Crippen LogP contribution < -0.4 is 0 Å². The van der Waals surface area contributed by atoms with E-state index in [1.54, 1.807) is 0 Å². The number of hydrogen-bond donors (Lipinski definition) is 0. The molecule has 150 valence electrons. The van der Waals surface area contributed by atoms with Crippen LogP contribution >= 0.6 is 0 Å². The van der Waals surface area contributed by atoms with Crippen LogP contribution in [0.3, 0.4) is 0 Å². The van der Waals surface area contributed by atoms with Gasteiger partial charge in [-0.05, 0) is 30.1 Å². The van der Waals surface area contributed by atoms with Gasteiger partial charge in [0.1, 0.15) is 0 Å². The van der Waals surface area contributed by atoms with Gasteiger partial charge in [0.15, 0.2) is 8.32 Å². The highest BCUT2D eigenvalue weighted by Crippen LogP contribution is 2.42. The van der Waals surface area contributed by atoms with Gasteiger partial charge in [0.25, 0.3) is 5.60 Å². The summed E-state index contributed by atoms with van der Waals surface area (Å²) in [5.41, 5.74) is 0.470. The van der Waals surface area contributed by atoms with Crippen molar-refractivity contribution in [1.29, 1.82) is 0 Å². The Hall–Kier alpha value is -1.66. The maximum absolute atomic E-state index is 12.9. The highest BCUT2D eigenvalue weighted by Gasteiger charge is 2.56. The van der Waals surface area contributed by atoms with Crippen molar-refractivity contribution in [2.24, 2.45) is 5.16 Å². The molecule has 0 spiro atoms. The number of benzene rings is 1. The number of nitrogens with zero attached hydrogens (tertiary/aromatic N) is 1. The van der Waals surface area contributed by atoms with Gasteiger partial charge in [0.05, 0.1) is 25.3 Å². The van der Waals surface area contributed by atoms with Gasteiger partial charge >= 0.3 is 5.97 Å². The molecule has 0 unspecified atom stereocenters. The fourth-order valence-electron chi connectivity index (χ4n) is 3.00. The van der Waals surface area contributed by atoms with Crippen LogP contribution in [-0.4, -0.2) is 38.8 Å². The van der Waals surface area contributed by atoms with Crippen molar-refractivity contribution in [3.8, 4) is 0 Å². The summed E-state index contributed by atoms with van der Waals surface area (Å²) >= 11 is 0. The first kappa shape index (κ1) is 21.6. The number of hydrogen-bond acceptors (Lipinski definition) is 5. The first-order valence-corrected chi connectivity index (χ1v) is 12.5. The van der Waals surface area contributed by atoms with Crippen LogP contribution in [-0.2, 0) is 18.8 Å². The molecule has 0 aliphatic carbocycles. The molecule has 5 nitrogen and oxygen atoms in total. The minimum atomic E-state index is -2.12. The molecule has 1 aromatic carbocycles. The Bertz CT molecular complexity index is 681. The first-order chi connectivity index (χ1) is 12.6. The zero-order valence-electron chi connectivity index (χ0n) is 17.7. The summed E-state index contributed by atoms with van der Waals surface area (Å²) in [5, 5.41) is 4.30.